The summed E-state index contributed by atoms with van der Waals surface area (Å²) in [7, 11) is 0. The number of aliphatic hydroxyl groups is 1. The Labute approximate surface area is 193 Å². The Morgan fingerprint density at radius 1 is 1.12 bits per heavy atom. The molecule has 1 amide bonds. The largest absolute Gasteiger partial charge is 0.383 e. The van der Waals surface area contributed by atoms with E-state index in [0.29, 0.717) is 12.5 Å². The van der Waals surface area contributed by atoms with Gasteiger partial charge in [0.05, 0.1) is 6.61 Å². The van der Waals surface area contributed by atoms with E-state index >= 15 is 0 Å². The van der Waals surface area contributed by atoms with E-state index in [1.165, 1.54) is 0 Å². The second-order valence-corrected chi connectivity index (χ2v) is 9.63. The number of hydrogen-bond acceptors (Lipinski definition) is 5. The molecule has 1 unspecified atom stereocenters. The first-order chi connectivity index (χ1) is 16.1. The predicted molar refractivity (Wildman–Crippen MR) is 127 cm³/mol. The van der Waals surface area contributed by atoms with Gasteiger partial charge in [0.25, 0.3) is 0 Å². The number of pyridine rings is 1. The van der Waals surface area contributed by atoms with Crippen LogP contribution in [0.25, 0.3) is 22.3 Å². The fraction of sp³-hybridized carbons (Fsp3) is 0.462. The maximum Gasteiger partial charge on any atom is 0.225 e. The van der Waals surface area contributed by atoms with Crippen LogP contribution < -0.4 is 4.90 Å². The molecule has 0 bridgehead atoms. The first-order valence-corrected chi connectivity index (χ1v) is 12.0. The number of aromatic amines is 1. The molecule has 33 heavy (non-hydrogen) atoms. The van der Waals surface area contributed by atoms with Crippen molar-refractivity contribution in [2.24, 2.45) is 5.92 Å². The van der Waals surface area contributed by atoms with E-state index in [1.54, 1.807) is 0 Å². The first-order valence-electron chi connectivity index (χ1n) is 12.0. The summed E-state index contributed by atoms with van der Waals surface area (Å²) in [4.78, 5) is 24.8. The van der Waals surface area contributed by atoms with Gasteiger partial charge in [-0.2, -0.15) is 0 Å². The number of H-pyrrole nitrogens is 1. The van der Waals surface area contributed by atoms with Gasteiger partial charge in [0, 0.05) is 61.7 Å². The van der Waals surface area contributed by atoms with Crippen LogP contribution in [-0.2, 0) is 15.1 Å². The standard InChI is InChI=1S/C26H30N4O3/c31-25(19-2-3-19)30-13-11-29(12-14-30)23-8-10-27-24-21(23)16-22(28-24)18-4-6-20(7-5-18)26(32)9-1-15-33-17-26/h4-8,10,16,19,32H,1-3,9,11-15,17H2,(H,27,28). The molecule has 0 radical (unpaired) electrons. The average Bonchev–Trinajstić information content (AvgIpc) is 3.62. The van der Waals surface area contributed by atoms with Crippen molar-refractivity contribution in [2.45, 2.75) is 31.3 Å². The van der Waals surface area contributed by atoms with Crippen molar-refractivity contribution in [2.75, 3.05) is 44.3 Å². The quantitative estimate of drug-likeness (QED) is 0.643. The van der Waals surface area contributed by atoms with Gasteiger partial charge in [-0.05, 0) is 48.9 Å². The molecule has 172 valence electrons. The summed E-state index contributed by atoms with van der Waals surface area (Å²) in [6.45, 7) is 4.32. The highest BCUT2D eigenvalue weighted by Crippen LogP contribution is 2.35. The van der Waals surface area contributed by atoms with E-state index in [1.807, 2.05) is 23.2 Å². The van der Waals surface area contributed by atoms with Gasteiger partial charge < -0.3 is 24.6 Å². The summed E-state index contributed by atoms with van der Waals surface area (Å²) in [5.41, 5.74) is 4.09. The van der Waals surface area contributed by atoms with E-state index in [-0.39, 0.29) is 5.92 Å². The highest BCUT2D eigenvalue weighted by atomic mass is 16.5. The Morgan fingerprint density at radius 2 is 1.91 bits per heavy atom. The molecule has 2 N–H and O–H groups in total. The zero-order chi connectivity index (χ0) is 22.4. The molecule has 3 aromatic rings. The van der Waals surface area contributed by atoms with Gasteiger partial charge >= 0.3 is 0 Å². The Bertz CT molecular complexity index is 1150. The minimum Gasteiger partial charge on any atom is -0.383 e. The van der Waals surface area contributed by atoms with Gasteiger partial charge in [0.15, 0.2) is 0 Å². The van der Waals surface area contributed by atoms with Gasteiger partial charge in [0.2, 0.25) is 5.91 Å². The van der Waals surface area contributed by atoms with Crippen molar-refractivity contribution in [1.29, 1.82) is 0 Å². The summed E-state index contributed by atoms with van der Waals surface area (Å²) < 4.78 is 5.51. The first kappa shape index (κ1) is 20.7. The highest BCUT2D eigenvalue weighted by Gasteiger charge is 2.35. The Kier molecular flexibility index (Phi) is 5.11. The van der Waals surface area contributed by atoms with Crippen LogP contribution in [0.5, 0.6) is 0 Å². The van der Waals surface area contributed by atoms with Crippen LogP contribution >= 0.6 is 0 Å². The minimum atomic E-state index is -0.894. The van der Waals surface area contributed by atoms with Gasteiger partial charge in [-0.15, -0.1) is 0 Å². The normalized spacial score (nSPS) is 23.8. The van der Waals surface area contributed by atoms with Crippen molar-refractivity contribution < 1.29 is 14.6 Å². The SMILES string of the molecule is O=C(C1CC1)N1CCN(c2ccnc3[nH]c(-c4ccc(C5(O)CCCOC5)cc4)cc23)CC1. The number of ether oxygens (including phenoxy) is 1. The molecule has 2 aliphatic heterocycles. The maximum atomic E-state index is 12.4. The second-order valence-electron chi connectivity index (χ2n) is 9.63. The van der Waals surface area contributed by atoms with E-state index in [2.05, 4.69) is 39.1 Å². The molecule has 1 aliphatic carbocycles. The Morgan fingerprint density at radius 3 is 2.61 bits per heavy atom. The fourth-order valence-electron chi connectivity index (χ4n) is 5.17. The van der Waals surface area contributed by atoms with Crippen molar-refractivity contribution >= 4 is 22.6 Å². The number of benzene rings is 1. The number of amides is 1. The molecule has 2 saturated heterocycles. The summed E-state index contributed by atoms with van der Waals surface area (Å²) in [6, 6.07) is 12.3. The molecule has 3 fully saturated rings. The third-order valence-electron chi connectivity index (χ3n) is 7.32. The Hall–Kier alpha value is -2.90. The molecule has 2 aromatic heterocycles. The fourth-order valence-corrected chi connectivity index (χ4v) is 5.17. The molecular weight excluding hydrogens is 416 g/mol. The van der Waals surface area contributed by atoms with Gasteiger partial charge in [0.1, 0.15) is 11.2 Å². The molecule has 7 nitrogen and oxygen atoms in total. The number of rotatable bonds is 4. The second kappa shape index (κ2) is 8.15. The molecule has 7 heteroatoms. The predicted octanol–water partition coefficient (Wildman–Crippen LogP) is 3.29. The van der Waals surface area contributed by atoms with Crippen LogP contribution in [0.15, 0.2) is 42.6 Å². The monoisotopic (exact) mass is 446 g/mol. The third kappa shape index (κ3) is 3.89. The summed E-state index contributed by atoms with van der Waals surface area (Å²) >= 11 is 0. The van der Waals surface area contributed by atoms with Gasteiger partial charge in [-0.1, -0.05) is 24.3 Å². The van der Waals surface area contributed by atoms with Crippen LogP contribution in [0, 0.1) is 5.92 Å². The van der Waals surface area contributed by atoms with E-state index < -0.39 is 5.60 Å². The molecular formula is C26H30N4O3. The highest BCUT2D eigenvalue weighted by molar-refractivity contribution is 5.94. The summed E-state index contributed by atoms with van der Waals surface area (Å²) in [5.74, 6) is 0.625. The topological polar surface area (TPSA) is 81.7 Å². The lowest BCUT2D eigenvalue weighted by Gasteiger charge is -2.36. The van der Waals surface area contributed by atoms with E-state index in [0.717, 1.165) is 92.0 Å². The number of anilines is 1. The summed E-state index contributed by atoms with van der Waals surface area (Å²) in [6.07, 6.45) is 5.57. The molecule has 1 saturated carbocycles. The number of nitrogens with one attached hydrogen (secondary N) is 1. The minimum absolute atomic E-state index is 0.286. The molecule has 4 heterocycles. The smallest absolute Gasteiger partial charge is 0.225 e. The third-order valence-corrected chi connectivity index (χ3v) is 7.32. The maximum absolute atomic E-state index is 12.4. The van der Waals surface area contributed by atoms with Crippen LogP contribution in [0.4, 0.5) is 5.69 Å². The Balaban J connectivity index is 1.22. The zero-order valence-electron chi connectivity index (χ0n) is 18.8. The van der Waals surface area contributed by atoms with Crippen molar-refractivity contribution in [3.63, 3.8) is 0 Å². The number of piperazine rings is 1. The van der Waals surface area contributed by atoms with Crippen LogP contribution in [-0.4, -0.2) is 65.3 Å². The van der Waals surface area contributed by atoms with Crippen LogP contribution in [0.2, 0.25) is 0 Å². The number of carbonyl (C=O) groups is 1. The molecule has 1 atom stereocenters. The molecule has 0 spiro atoms. The lowest BCUT2D eigenvalue weighted by molar-refractivity contribution is -0.132. The molecule has 1 aromatic carbocycles. The lowest BCUT2D eigenvalue weighted by atomic mass is 9.88. The summed E-state index contributed by atoms with van der Waals surface area (Å²) in [5, 5.41) is 12.0. The number of carbonyl (C=O) groups excluding carboxylic acids is 1. The molecule has 3 aliphatic rings. The van der Waals surface area contributed by atoms with Crippen LogP contribution in [0.3, 0.4) is 0 Å². The van der Waals surface area contributed by atoms with Crippen LogP contribution in [0.1, 0.15) is 31.2 Å². The number of fused-ring (bicyclic) bond motifs is 1. The van der Waals surface area contributed by atoms with E-state index in [4.69, 9.17) is 4.74 Å². The van der Waals surface area contributed by atoms with Gasteiger partial charge in [-0.25, -0.2) is 4.98 Å². The molecule has 6 rings (SSSR count). The lowest BCUT2D eigenvalue weighted by Crippen LogP contribution is -2.49. The number of aromatic nitrogens is 2. The zero-order valence-corrected chi connectivity index (χ0v) is 18.8. The number of hydrogen-bond donors (Lipinski definition) is 2. The average molecular weight is 447 g/mol. The van der Waals surface area contributed by atoms with Crippen molar-refractivity contribution in [1.82, 2.24) is 14.9 Å². The van der Waals surface area contributed by atoms with Crippen molar-refractivity contribution in [3.8, 4) is 11.3 Å². The van der Waals surface area contributed by atoms with Gasteiger partial charge in [-0.3, -0.25) is 4.79 Å². The van der Waals surface area contributed by atoms with E-state index in [9.17, 15) is 9.90 Å². The van der Waals surface area contributed by atoms with Crippen molar-refractivity contribution in [3.05, 3.63) is 48.2 Å². The number of nitrogens with zero attached hydrogens (tertiary/aromatic N) is 3.